The minimum absolute atomic E-state index is 0.0617. The fraction of sp³-hybridized carbons (Fsp3) is 0.455. The number of halogens is 1. The predicted octanol–water partition coefficient (Wildman–Crippen LogP) is 2.53. The molecule has 6 nitrogen and oxygen atoms in total. The average Bonchev–Trinajstić information content (AvgIpc) is 3.41. The molecule has 0 aliphatic carbocycles. The van der Waals surface area contributed by atoms with Crippen LogP contribution in [0.1, 0.15) is 29.7 Å². The summed E-state index contributed by atoms with van der Waals surface area (Å²) in [5.41, 5.74) is 1.13. The van der Waals surface area contributed by atoms with Crippen molar-refractivity contribution in [3.8, 4) is 0 Å². The number of benzene rings is 1. The van der Waals surface area contributed by atoms with Crippen LogP contribution in [0.4, 0.5) is 0 Å². The second-order valence-electron chi connectivity index (χ2n) is 7.95. The maximum Gasteiger partial charge on any atom is 0.237 e. The van der Waals surface area contributed by atoms with Crippen molar-refractivity contribution < 1.29 is 9.59 Å². The van der Waals surface area contributed by atoms with E-state index in [4.69, 9.17) is 11.6 Å². The average molecular weight is 447 g/mol. The van der Waals surface area contributed by atoms with E-state index >= 15 is 0 Å². The molecular weight excluding hydrogens is 420 g/mol. The Balaban J connectivity index is 1.27. The first-order chi connectivity index (χ1) is 14.6. The van der Waals surface area contributed by atoms with Gasteiger partial charge in [-0.3, -0.25) is 14.5 Å². The number of hydrogen-bond acceptors (Lipinski definition) is 5. The molecular formula is C22H27ClN4O2S. The van der Waals surface area contributed by atoms with Crippen LogP contribution in [0.15, 0.2) is 41.8 Å². The molecule has 30 heavy (non-hydrogen) atoms. The van der Waals surface area contributed by atoms with Crippen molar-refractivity contribution in [3.05, 3.63) is 57.2 Å². The lowest BCUT2D eigenvalue weighted by atomic mass is 10.0. The van der Waals surface area contributed by atoms with Crippen LogP contribution in [0.25, 0.3) is 0 Å². The molecule has 1 aromatic carbocycles. The van der Waals surface area contributed by atoms with Crippen molar-refractivity contribution in [2.45, 2.75) is 50.5 Å². The first-order valence-corrected chi connectivity index (χ1v) is 11.6. The topological polar surface area (TPSA) is 73.5 Å². The van der Waals surface area contributed by atoms with Gasteiger partial charge >= 0.3 is 0 Å². The largest absolute Gasteiger partial charge is 0.353 e. The van der Waals surface area contributed by atoms with Crippen molar-refractivity contribution in [1.29, 1.82) is 0 Å². The Morgan fingerprint density at radius 3 is 2.97 bits per heavy atom. The molecule has 2 aliphatic rings. The smallest absolute Gasteiger partial charge is 0.237 e. The maximum atomic E-state index is 12.4. The zero-order chi connectivity index (χ0) is 20.9. The summed E-state index contributed by atoms with van der Waals surface area (Å²) >= 11 is 7.71. The van der Waals surface area contributed by atoms with Crippen LogP contribution in [0, 0.1) is 0 Å². The van der Waals surface area contributed by atoms with Crippen LogP contribution >= 0.6 is 22.9 Å². The van der Waals surface area contributed by atoms with Crippen LogP contribution < -0.4 is 16.0 Å². The second kappa shape index (κ2) is 9.92. The van der Waals surface area contributed by atoms with Gasteiger partial charge in [-0.25, -0.2) is 0 Å². The summed E-state index contributed by atoms with van der Waals surface area (Å²) in [5, 5.41) is 12.3. The Morgan fingerprint density at radius 2 is 2.17 bits per heavy atom. The van der Waals surface area contributed by atoms with Gasteiger partial charge in [0.2, 0.25) is 11.8 Å². The van der Waals surface area contributed by atoms with E-state index in [9.17, 15) is 9.59 Å². The van der Waals surface area contributed by atoms with Crippen molar-refractivity contribution in [2.24, 2.45) is 0 Å². The molecule has 0 saturated carbocycles. The maximum absolute atomic E-state index is 12.4. The molecule has 3 heterocycles. The molecule has 3 atom stereocenters. The minimum Gasteiger partial charge on any atom is -0.353 e. The molecule has 2 amide bonds. The highest BCUT2D eigenvalue weighted by Crippen LogP contribution is 2.26. The van der Waals surface area contributed by atoms with E-state index in [2.05, 4.69) is 20.9 Å². The highest BCUT2D eigenvalue weighted by Gasteiger charge is 2.43. The minimum atomic E-state index is -0.116. The molecule has 2 fully saturated rings. The molecule has 2 aromatic rings. The lowest BCUT2D eigenvalue weighted by molar-refractivity contribution is -0.129. The highest BCUT2D eigenvalue weighted by molar-refractivity contribution is 7.09. The second-order valence-corrected chi connectivity index (χ2v) is 9.42. The van der Waals surface area contributed by atoms with E-state index in [1.807, 2.05) is 41.8 Å². The summed E-state index contributed by atoms with van der Waals surface area (Å²) in [6.45, 7) is 2.73. The molecule has 2 aliphatic heterocycles. The fourth-order valence-corrected chi connectivity index (χ4v) is 5.14. The molecule has 0 spiro atoms. The van der Waals surface area contributed by atoms with Crippen molar-refractivity contribution in [2.75, 3.05) is 13.1 Å². The van der Waals surface area contributed by atoms with Gasteiger partial charge in [0, 0.05) is 48.0 Å². The van der Waals surface area contributed by atoms with E-state index in [-0.39, 0.29) is 29.9 Å². The number of fused-ring (bicyclic) bond motifs is 1. The zero-order valence-corrected chi connectivity index (χ0v) is 18.3. The van der Waals surface area contributed by atoms with Gasteiger partial charge in [0.1, 0.15) is 0 Å². The van der Waals surface area contributed by atoms with E-state index in [0.29, 0.717) is 19.5 Å². The van der Waals surface area contributed by atoms with Gasteiger partial charge in [0.25, 0.3) is 0 Å². The van der Waals surface area contributed by atoms with Gasteiger partial charge in [-0.2, -0.15) is 0 Å². The van der Waals surface area contributed by atoms with Crippen LogP contribution in [0.2, 0.25) is 5.02 Å². The van der Waals surface area contributed by atoms with Crippen LogP contribution in [-0.2, 0) is 22.7 Å². The first kappa shape index (κ1) is 21.3. The summed E-state index contributed by atoms with van der Waals surface area (Å²) in [7, 11) is 0. The third kappa shape index (κ3) is 5.40. The Kier molecular flexibility index (Phi) is 7.04. The highest BCUT2D eigenvalue weighted by atomic mass is 35.5. The number of nitrogens with zero attached hydrogens (tertiary/aromatic N) is 1. The number of hydrogen-bond donors (Lipinski definition) is 3. The van der Waals surface area contributed by atoms with Gasteiger partial charge in [0.05, 0.1) is 12.6 Å². The Hall–Kier alpha value is -1.93. The summed E-state index contributed by atoms with van der Waals surface area (Å²) in [5.74, 6) is 0.159. The van der Waals surface area contributed by atoms with Gasteiger partial charge < -0.3 is 16.0 Å². The number of carbonyl (C=O) groups excluding carboxylic acids is 2. The number of nitrogens with one attached hydrogen (secondary N) is 3. The third-order valence-electron chi connectivity index (χ3n) is 5.85. The Morgan fingerprint density at radius 1 is 1.27 bits per heavy atom. The lowest BCUT2D eigenvalue weighted by Gasteiger charge is -2.37. The fourth-order valence-electron chi connectivity index (χ4n) is 4.29. The van der Waals surface area contributed by atoms with Gasteiger partial charge in [0.15, 0.2) is 0 Å². The number of amides is 2. The zero-order valence-electron chi connectivity index (χ0n) is 16.8. The van der Waals surface area contributed by atoms with E-state index in [1.54, 1.807) is 11.3 Å². The molecule has 0 radical (unpaired) electrons. The molecule has 2 saturated heterocycles. The van der Waals surface area contributed by atoms with Crippen molar-refractivity contribution in [1.82, 2.24) is 20.9 Å². The molecule has 0 unspecified atom stereocenters. The monoisotopic (exact) mass is 446 g/mol. The molecule has 1 aromatic heterocycles. The van der Waals surface area contributed by atoms with Crippen molar-refractivity contribution >= 4 is 34.8 Å². The standard InChI is InChI=1S/C22H27ClN4O2S/c23-16-4-1-3-15(9-16)11-24-17-10-20-22(29)26-12-18(27(20)14-17)6-7-21(28)25-13-19-5-2-8-30-19/h1-5,8-9,17-18,20,24H,6-7,10-14H2,(H,25,28)(H,26,29)/t17-,18-,20-/m1/s1. The lowest BCUT2D eigenvalue weighted by Crippen LogP contribution is -2.58. The first-order valence-electron chi connectivity index (χ1n) is 10.4. The number of piperazine rings is 1. The SMILES string of the molecule is O=C(CC[C@@H]1CNC(=O)[C@H]2C[C@@H](NCc3cccc(Cl)c3)CN12)NCc1cccs1. The van der Waals surface area contributed by atoms with E-state index in [1.165, 1.54) is 0 Å². The summed E-state index contributed by atoms with van der Waals surface area (Å²) in [6.07, 6.45) is 2.00. The van der Waals surface area contributed by atoms with Gasteiger partial charge in [-0.15, -0.1) is 11.3 Å². The van der Waals surface area contributed by atoms with E-state index < -0.39 is 0 Å². The molecule has 0 bridgehead atoms. The molecule has 8 heteroatoms. The third-order valence-corrected chi connectivity index (χ3v) is 6.96. The van der Waals surface area contributed by atoms with Gasteiger partial charge in [-0.05, 0) is 42.0 Å². The number of rotatable bonds is 8. The van der Waals surface area contributed by atoms with Gasteiger partial charge in [-0.1, -0.05) is 29.8 Å². The summed E-state index contributed by atoms with van der Waals surface area (Å²) in [4.78, 5) is 28.1. The normalized spacial score (nSPS) is 23.8. The number of thiophene rings is 1. The van der Waals surface area contributed by atoms with Crippen LogP contribution in [0.5, 0.6) is 0 Å². The Labute approximate surface area is 186 Å². The summed E-state index contributed by atoms with van der Waals surface area (Å²) < 4.78 is 0. The van der Waals surface area contributed by atoms with Crippen molar-refractivity contribution in [3.63, 3.8) is 0 Å². The molecule has 160 valence electrons. The van der Waals surface area contributed by atoms with Crippen LogP contribution in [0.3, 0.4) is 0 Å². The molecule has 3 N–H and O–H groups in total. The summed E-state index contributed by atoms with van der Waals surface area (Å²) in [6, 6.07) is 12.2. The predicted molar refractivity (Wildman–Crippen MR) is 119 cm³/mol. The quantitative estimate of drug-likeness (QED) is 0.582. The van der Waals surface area contributed by atoms with Crippen LogP contribution in [-0.4, -0.2) is 47.9 Å². The molecule has 4 rings (SSSR count). The van der Waals surface area contributed by atoms with E-state index in [0.717, 1.165) is 41.4 Å². The Bertz CT molecular complexity index is 876. The number of carbonyl (C=O) groups is 2.